The number of sulfonamides is 1. The largest absolute Gasteiger partial charge is 0.481 e. The van der Waals surface area contributed by atoms with Crippen LogP contribution in [0.3, 0.4) is 0 Å². The molecule has 1 aromatic heterocycles. The molecule has 1 rings (SSSR count). The molecule has 0 aliphatic carbocycles. The first-order valence-electron chi connectivity index (χ1n) is 6.41. The molecule has 0 spiro atoms. The molecule has 6 nitrogen and oxygen atoms in total. The van der Waals surface area contributed by atoms with Crippen LogP contribution in [0.25, 0.3) is 0 Å². The molecule has 1 unspecified atom stereocenters. The smallest absolute Gasteiger partial charge is 0.304 e. The molecule has 1 atom stereocenters. The number of rotatable bonds is 8. The number of nitrogens with one attached hydrogen (secondary N) is 1. The SMILES string of the molecule is CC(C)C(CC(=O)O)NS(=O)(=O)CCc1ccncc1. The number of aliphatic carboxylic acids is 1. The highest BCUT2D eigenvalue weighted by molar-refractivity contribution is 7.89. The Morgan fingerprint density at radius 2 is 1.95 bits per heavy atom. The van der Waals surface area contributed by atoms with Crippen molar-refractivity contribution in [3.05, 3.63) is 30.1 Å². The fourth-order valence-corrected chi connectivity index (χ4v) is 3.13. The molecule has 0 radical (unpaired) electrons. The van der Waals surface area contributed by atoms with Crippen molar-refractivity contribution in [1.29, 1.82) is 0 Å². The van der Waals surface area contributed by atoms with Crippen LogP contribution >= 0.6 is 0 Å². The summed E-state index contributed by atoms with van der Waals surface area (Å²) < 4.78 is 26.4. The van der Waals surface area contributed by atoms with Crippen LogP contribution < -0.4 is 4.72 Å². The number of pyridine rings is 1. The predicted molar refractivity (Wildman–Crippen MR) is 75.7 cm³/mol. The normalized spacial score (nSPS) is 13.3. The summed E-state index contributed by atoms with van der Waals surface area (Å²) in [5, 5.41) is 8.80. The van der Waals surface area contributed by atoms with Crippen molar-refractivity contribution < 1.29 is 18.3 Å². The highest BCUT2D eigenvalue weighted by Crippen LogP contribution is 2.09. The van der Waals surface area contributed by atoms with Crippen LogP contribution in [0.4, 0.5) is 0 Å². The summed E-state index contributed by atoms with van der Waals surface area (Å²) in [6.07, 6.45) is 3.37. The Morgan fingerprint density at radius 3 is 2.45 bits per heavy atom. The maximum atomic E-state index is 12.0. The molecule has 0 fully saturated rings. The van der Waals surface area contributed by atoms with E-state index in [0.717, 1.165) is 5.56 Å². The summed E-state index contributed by atoms with van der Waals surface area (Å²) >= 11 is 0. The van der Waals surface area contributed by atoms with E-state index in [1.807, 2.05) is 0 Å². The lowest BCUT2D eigenvalue weighted by Crippen LogP contribution is -2.41. The summed E-state index contributed by atoms with van der Waals surface area (Å²) in [6.45, 7) is 3.58. The fraction of sp³-hybridized carbons (Fsp3) is 0.538. The van der Waals surface area contributed by atoms with Gasteiger partial charge in [0, 0.05) is 18.4 Å². The van der Waals surface area contributed by atoms with Crippen LogP contribution in [0.1, 0.15) is 25.8 Å². The quantitative estimate of drug-likeness (QED) is 0.748. The standard InChI is InChI=1S/C13H20N2O4S/c1-10(2)12(9-13(16)17)15-20(18,19)8-5-11-3-6-14-7-4-11/h3-4,6-7,10,12,15H,5,8-9H2,1-2H3,(H,16,17). The van der Waals surface area contributed by atoms with Crippen molar-refractivity contribution in [1.82, 2.24) is 9.71 Å². The van der Waals surface area contributed by atoms with Crippen LogP contribution in [-0.4, -0.2) is 36.3 Å². The fourth-order valence-electron chi connectivity index (χ4n) is 1.69. The van der Waals surface area contributed by atoms with E-state index in [0.29, 0.717) is 6.42 Å². The highest BCUT2D eigenvalue weighted by Gasteiger charge is 2.23. The lowest BCUT2D eigenvalue weighted by atomic mass is 10.0. The molecule has 2 N–H and O–H groups in total. The Labute approximate surface area is 119 Å². The van der Waals surface area contributed by atoms with Gasteiger partial charge in [-0.2, -0.15) is 0 Å². The van der Waals surface area contributed by atoms with Gasteiger partial charge < -0.3 is 5.11 Å². The number of carboxylic acid groups (broad SMARTS) is 1. The van der Waals surface area contributed by atoms with Crippen LogP contribution in [0, 0.1) is 5.92 Å². The van der Waals surface area contributed by atoms with Gasteiger partial charge in [-0.25, -0.2) is 13.1 Å². The number of carbonyl (C=O) groups is 1. The minimum Gasteiger partial charge on any atom is -0.481 e. The van der Waals surface area contributed by atoms with Crippen molar-refractivity contribution in [3.8, 4) is 0 Å². The number of nitrogens with zero attached hydrogens (tertiary/aromatic N) is 1. The van der Waals surface area contributed by atoms with Gasteiger partial charge in [0.1, 0.15) is 0 Å². The van der Waals surface area contributed by atoms with E-state index in [-0.39, 0.29) is 18.1 Å². The molecule has 0 aliphatic heterocycles. The van der Waals surface area contributed by atoms with E-state index in [9.17, 15) is 13.2 Å². The summed E-state index contributed by atoms with van der Waals surface area (Å²) in [7, 11) is -3.50. The first kappa shape index (κ1) is 16.6. The van der Waals surface area contributed by atoms with E-state index in [1.54, 1.807) is 38.4 Å². The summed E-state index contributed by atoms with van der Waals surface area (Å²) in [6, 6.07) is 2.93. The van der Waals surface area contributed by atoms with Crippen LogP contribution in [0.15, 0.2) is 24.5 Å². The molecule has 0 amide bonds. The average molecular weight is 300 g/mol. The van der Waals surface area contributed by atoms with Crippen molar-refractivity contribution in [3.63, 3.8) is 0 Å². The molecule has 0 saturated carbocycles. The van der Waals surface area contributed by atoms with E-state index in [1.165, 1.54) is 0 Å². The second-order valence-electron chi connectivity index (χ2n) is 4.99. The van der Waals surface area contributed by atoms with Crippen molar-refractivity contribution in [2.75, 3.05) is 5.75 Å². The van der Waals surface area contributed by atoms with Gasteiger partial charge in [-0.1, -0.05) is 13.8 Å². The first-order chi connectivity index (χ1) is 9.30. The second-order valence-corrected chi connectivity index (χ2v) is 6.86. The maximum Gasteiger partial charge on any atom is 0.304 e. The van der Waals surface area contributed by atoms with E-state index < -0.39 is 22.0 Å². The molecule has 0 aliphatic rings. The molecule has 1 heterocycles. The number of carboxylic acids is 1. The zero-order chi connectivity index (χ0) is 15.2. The lowest BCUT2D eigenvalue weighted by molar-refractivity contribution is -0.137. The van der Waals surface area contributed by atoms with Gasteiger partial charge >= 0.3 is 5.97 Å². The third-order valence-corrected chi connectivity index (χ3v) is 4.34. The van der Waals surface area contributed by atoms with Gasteiger partial charge in [-0.15, -0.1) is 0 Å². The van der Waals surface area contributed by atoms with Gasteiger partial charge in [0.15, 0.2) is 0 Å². The highest BCUT2D eigenvalue weighted by atomic mass is 32.2. The Kier molecular flexibility index (Phi) is 6.09. The van der Waals surface area contributed by atoms with Crippen LogP contribution in [-0.2, 0) is 21.2 Å². The van der Waals surface area contributed by atoms with Crippen LogP contribution in [0.2, 0.25) is 0 Å². The zero-order valence-electron chi connectivity index (χ0n) is 11.6. The first-order valence-corrected chi connectivity index (χ1v) is 8.06. The molecule has 112 valence electrons. The van der Waals surface area contributed by atoms with Gasteiger partial charge in [-0.3, -0.25) is 9.78 Å². The maximum absolute atomic E-state index is 12.0. The molecule has 7 heteroatoms. The molecular formula is C13H20N2O4S. The minimum absolute atomic E-state index is 0.0696. The average Bonchev–Trinajstić information content (AvgIpc) is 2.36. The predicted octanol–water partition coefficient (Wildman–Crippen LogP) is 1.04. The van der Waals surface area contributed by atoms with Crippen molar-refractivity contribution in [2.24, 2.45) is 5.92 Å². The Balaban J connectivity index is 2.61. The van der Waals surface area contributed by atoms with Gasteiger partial charge in [-0.05, 0) is 30.0 Å². The van der Waals surface area contributed by atoms with Gasteiger partial charge in [0.2, 0.25) is 10.0 Å². The second kappa shape index (κ2) is 7.35. The number of aromatic nitrogens is 1. The van der Waals surface area contributed by atoms with E-state index >= 15 is 0 Å². The molecule has 0 saturated heterocycles. The Morgan fingerprint density at radius 1 is 1.35 bits per heavy atom. The third kappa shape index (κ3) is 6.12. The van der Waals surface area contributed by atoms with Gasteiger partial charge in [0.25, 0.3) is 0 Å². The zero-order valence-corrected chi connectivity index (χ0v) is 12.4. The molecule has 0 bridgehead atoms. The lowest BCUT2D eigenvalue weighted by Gasteiger charge is -2.20. The molecular weight excluding hydrogens is 280 g/mol. The Hall–Kier alpha value is -1.47. The molecule has 20 heavy (non-hydrogen) atoms. The summed E-state index contributed by atoms with van der Waals surface area (Å²) in [5.74, 6) is -1.16. The number of hydrogen-bond acceptors (Lipinski definition) is 4. The van der Waals surface area contributed by atoms with Gasteiger partial charge in [0.05, 0.1) is 12.2 Å². The Bertz CT molecular complexity index is 529. The molecule has 1 aromatic rings. The number of hydrogen-bond donors (Lipinski definition) is 2. The minimum atomic E-state index is -3.50. The van der Waals surface area contributed by atoms with E-state index in [2.05, 4.69) is 9.71 Å². The molecule has 0 aromatic carbocycles. The van der Waals surface area contributed by atoms with E-state index in [4.69, 9.17) is 5.11 Å². The van der Waals surface area contributed by atoms with Crippen LogP contribution in [0.5, 0.6) is 0 Å². The van der Waals surface area contributed by atoms with Crippen molar-refractivity contribution >= 4 is 16.0 Å². The number of aryl methyl sites for hydroxylation is 1. The summed E-state index contributed by atoms with van der Waals surface area (Å²) in [5.41, 5.74) is 0.879. The summed E-state index contributed by atoms with van der Waals surface area (Å²) in [4.78, 5) is 14.6. The third-order valence-electron chi connectivity index (χ3n) is 2.94. The monoisotopic (exact) mass is 300 g/mol. The topological polar surface area (TPSA) is 96.4 Å². The van der Waals surface area contributed by atoms with Crippen molar-refractivity contribution in [2.45, 2.75) is 32.7 Å².